The Morgan fingerprint density at radius 1 is 1.23 bits per heavy atom. The van der Waals surface area contributed by atoms with Gasteiger partial charge in [0.25, 0.3) is 0 Å². The molecule has 1 heterocycles. The van der Waals surface area contributed by atoms with Crippen LogP contribution in [0.3, 0.4) is 0 Å². The highest BCUT2D eigenvalue weighted by Crippen LogP contribution is 2.33. The lowest BCUT2D eigenvalue weighted by Crippen LogP contribution is -2.28. The molecule has 12 heteroatoms. The number of nitrogen functional groups attached to an aromatic ring is 1. The van der Waals surface area contributed by atoms with Crippen molar-refractivity contribution >= 4 is 33.0 Å². The van der Waals surface area contributed by atoms with E-state index in [1.807, 2.05) is 0 Å². The lowest BCUT2D eigenvalue weighted by Gasteiger charge is -2.18. The van der Waals surface area contributed by atoms with Gasteiger partial charge in [0.1, 0.15) is 10.6 Å². The van der Waals surface area contributed by atoms with E-state index in [0.29, 0.717) is 12.0 Å². The van der Waals surface area contributed by atoms with Gasteiger partial charge >= 0.3 is 5.38 Å². The van der Waals surface area contributed by atoms with Crippen LogP contribution in [-0.2, 0) is 26.6 Å². The van der Waals surface area contributed by atoms with Crippen molar-refractivity contribution in [3.05, 3.63) is 46.9 Å². The minimum absolute atomic E-state index is 0.0738. The van der Waals surface area contributed by atoms with Crippen molar-refractivity contribution in [2.75, 3.05) is 18.6 Å². The lowest BCUT2D eigenvalue weighted by molar-refractivity contribution is -0.122. The van der Waals surface area contributed by atoms with E-state index in [0.717, 1.165) is 37.7 Å². The quantitative estimate of drug-likeness (QED) is 0.228. The number of benzene rings is 1. The molecule has 0 aliphatic rings. The summed E-state index contributed by atoms with van der Waals surface area (Å²) in [5.74, 6) is -2.68. The maximum atomic E-state index is 14.5. The average molecular weight is 536 g/mol. The highest BCUT2D eigenvalue weighted by atomic mass is 35.5. The first-order valence-corrected chi connectivity index (χ1v) is 13.3. The minimum Gasteiger partial charge on any atom is -0.477 e. The Morgan fingerprint density at radius 2 is 1.91 bits per heavy atom. The van der Waals surface area contributed by atoms with E-state index in [9.17, 15) is 26.4 Å². The second-order valence-corrected chi connectivity index (χ2v) is 10.6. The molecule has 7 nitrogen and oxygen atoms in total. The van der Waals surface area contributed by atoms with Gasteiger partial charge in [-0.2, -0.15) is 8.78 Å². The standard InChI is InChI=1S/C23H29ClF3N3O4S/c1-4-5-6-7-12-34-22-15(8-11-18(30-22)23(24,26)27)13-29-21(31)14(2)16-9-10-17(35(3,32)33)19(25)20(16)28/h8-11,14H,4-7,12-13,28H2,1-3H3,(H,29,31). The number of pyridine rings is 1. The van der Waals surface area contributed by atoms with Crippen molar-refractivity contribution in [1.82, 2.24) is 10.3 Å². The monoisotopic (exact) mass is 535 g/mol. The number of anilines is 1. The SMILES string of the molecule is CCCCCCOc1nc(C(F)(F)Cl)ccc1CNC(=O)C(C)c1ccc(S(C)(=O)=O)c(F)c1N. The number of nitrogens with one attached hydrogen (secondary N) is 1. The van der Waals surface area contributed by atoms with Crippen LogP contribution in [0, 0.1) is 5.82 Å². The van der Waals surface area contributed by atoms with Gasteiger partial charge in [-0.3, -0.25) is 4.79 Å². The van der Waals surface area contributed by atoms with Gasteiger partial charge in [-0.15, -0.1) is 0 Å². The Morgan fingerprint density at radius 3 is 2.51 bits per heavy atom. The number of carbonyl (C=O) groups is 1. The smallest absolute Gasteiger partial charge is 0.364 e. The van der Waals surface area contributed by atoms with Gasteiger partial charge in [-0.1, -0.05) is 32.3 Å². The van der Waals surface area contributed by atoms with Crippen molar-refractivity contribution < 1.29 is 31.1 Å². The maximum Gasteiger partial charge on any atom is 0.364 e. The fraction of sp³-hybridized carbons (Fsp3) is 0.478. The van der Waals surface area contributed by atoms with Crippen LogP contribution >= 0.6 is 11.6 Å². The Hall–Kier alpha value is -2.53. The molecule has 0 aliphatic heterocycles. The largest absolute Gasteiger partial charge is 0.477 e. The number of unbranched alkanes of at least 4 members (excludes halogenated alkanes) is 3. The van der Waals surface area contributed by atoms with E-state index in [-0.39, 0.29) is 24.6 Å². The average Bonchev–Trinajstić information content (AvgIpc) is 2.77. The molecule has 1 unspecified atom stereocenters. The summed E-state index contributed by atoms with van der Waals surface area (Å²) in [6.45, 7) is 3.67. The summed E-state index contributed by atoms with van der Waals surface area (Å²) >= 11 is 5.09. The highest BCUT2D eigenvalue weighted by molar-refractivity contribution is 7.90. The Balaban J connectivity index is 2.18. The van der Waals surface area contributed by atoms with E-state index < -0.39 is 49.1 Å². The van der Waals surface area contributed by atoms with E-state index in [4.69, 9.17) is 22.1 Å². The highest BCUT2D eigenvalue weighted by Gasteiger charge is 2.31. The van der Waals surface area contributed by atoms with Crippen molar-refractivity contribution in [3.63, 3.8) is 0 Å². The number of nitrogens with zero attached hydrogens (tertiary/aromatic N) is 1. The lowest BCUT2D eigenvalue weighted by atomic mass is 9.98. The number of hydrogen-bond donors (Lipinski definition) is 2. The molecule has 1 aromatic heterocycles. The topological polar surface area (TPSA) is 111 Å². The number of carbonyl (C=O) groups excluding carboxylic acids is 1. The zero-order valence-electron chi connectivity index (χ0n) is 19.7. The van der Waals surface area contributed by atoms with Gasteiger partial charge < -0.3 is 15.8 Å². The summed E-state index contributed by atoms with van der Waals surface area (Å²) in [4.78, 5) is 16.0. The Labute approximate surface area is 208 Å². The first kappa shape index (κ1) is 28.7. The third-order valence-electron chi connectivity index (χ3n) is 5.36. The zero-order valence-corrected chi connectivity index (χ0v) is 21.3. The van der Waals surface area contributed by atoms with Crippen molar-refractivity contribution in [2.45, 2.75) is 62.3 Å². The number of alkyl halides is 3. The number of sulfone groups is 1. The number of amides is 1. The normalized spacial score (nSPS) is 12.9. The molecule has 0 bridgehead atoms. The molecule has 3 N–H and O–H groups in total. The number of nitrogens with two attached hydrogens (primary N) is 1. The summed E-state index contributed by atoms with van der Waals surface area (Å²) in [5.41, 5.74) is 5.09. The van der Waals surface area contributed by atoms with Crippen LogP contribution in [0.5, 0.6) is 5.88 Å². The summed E-state index contributed by atoms with van der Waals surface area (Å²) in [6.07, 6.45) is 4.48. The van der Waals surface area contributed by atoms with Crippen molar-refractivity contribution in [3.8, 4) is 5.88 Å². The molecule has 0 spiro atoms. The summed E-state index contributed by atoms with van der Waals surface area (Å²) in [7, 11) is -3.84. The second-order valence-electron chi connectivity index (χ2n) is 8.16. The van der Waals surface area contributed by atoms with Crippen LogP contribution in [0.1, 0.15) is 62.3 Å². The van der Waals surface area contributed by atoms with E-state index in [1.165, 1.54) is 19.1 Å². The molecule has 2 aromatic rings. The van der Waals surface area contributed by atoms with Gasteiger partial charge in [0.15, 0.2) is 15.7 Å². The second kappa shape index (κ2) is 11.9. The molecule has 0 saturated carbocycles. The van der Waals surface area contributed by atoms with E-state index in [1.54, 1.807) is 0 Å². The molecule has 1 aromatic carbocycles. The Bertz CT molecular complexity index is 1160. The summed E-state index contributed by atoms with van der Waals surface area (Å²) in [5, 5.41) is -1.06. The van der Waals surface area contributed by atoms with Crippen LogP contribution in [0.25, 0.3) is 0 Å². The number of rotatable bonds is 12. The molecule has 0 saturated heterocycles. The first-order valence-electron chi connectivity index (χ1n) is 11.0. The van der Waals surface area contributed by atoms with Gasteiger partial charge in [0.2, 0.25) is 11.8 Å². The third kappa shape index (κ3) is 7.73. The van der Waals surface area contributed by atoms with Crippen LogP contribution in [0.4, 0.5) is 18.9 Å². The number of aromatic nitrogens is 1. The molecule has 2 rings (SSSR count). The fourth-order valence-electron chi connectivity index (χ4n) is 3.31. The third-order valence-corrected chi connectivity index (χ3v) is 6.66. The van der Waals surface area contributed by atoms with Crippen molar-refractivity contribution in [2.24, 2.45) is 0 Å². The fourth-order valence-corrected chi connectivity index (χ4v) is 4.17. The minimum atomic E-state index is -3.84. The van der Waals surface area contributed by atoms with Gasteiger partial charge in [-0.25, -0.2) is 17.8 Å². The van der Waals surface area contributed by atoms with Gasteiger partial charge in [-0.05, 0) is 48.7 Å². The molecular weight excluding hydrogens is 507 g/mol. The molecule has 35 heavy (non-hydrogen) atoms. The van der Waals surface area contributed by atoms with Gasteiger partial charge in [0, 0.05) is 18.4 Å². The zero-order chi connectivity index (χ0) is 26.4. The molecule has 1 amide bonds. The van der Waals surface area contributed by atoms with E-state index in [2.05, 4.69) is 17.2 Å². The molecule has 0 aliphatic carbocycles. The molecule has 1 atom stereocenters. The predicted octanol–water partition coefficient (Wildman–Crippen LogP) is 4.87. The Kier molecular flexibility index (Phi) is 9.79. The summed E-state index contributed by atoms with van der Waals surface area (Å²) in [6, 6.07) is 4.71. The van der Waals surface area contributed by atoms with Crippen LogP contribution in [0.2, 0.25) is 0 Å². The maximum absolute atomic E-state index is 14.5. The molecular formula is C23H29ClF3N3O4S. The number of hydrogen-bond acceptors (Lipinski definition) is 6. The number of halogens is 4. The predicted molar refractivity (Wildman–Crippen MR) is 128 cm³/mol. The molecule has 0 fully saturated rings. The first-order chi connectivity index (χ1) is 16.3. The van der Waals surface area contributed by atoms with Crippen LogP contribution in [0.15, 0.2) is 29.2 Å². The number of ether oxygens (including phenoxy) is 1. The van der Waals surface area contributed by atoms with Crippen molar-refractivity contribution in [1.29, 1.82) is 0 Å². The van der Waals surface area contributed by atoms with Gasteiger partial charge in [0.05, 0.1) is 18.2 Å². The summed E-state index contributed by atoms with van der Waals surface area (Å²) < 4.78 is 70.5. The van der Waals surface area contributed by atoms with Crippen LogP contribution < -0.4 is 15.8 Å². The van der Waals surface area contributed by atoms with E-state index >= 15 is 0 Å². The molecule has 0 radical (unpaired) electrons. The molecule has 194 valence electrons. The van der Waals surface area contributed by atoms with Crippen LogP contribution in [-0.4, -0.2) is 32.2 Å².